The Kier molecular flexibility index (Phi) is 6.02. The summed E-state index contributed by atoms with van der Waals surface area (Å²) in [6.07, 6.45) is 0.944. The molecule has 1 fully saturated rings. The molecule has 0 aromatic carbocycles. The van der Waals surface area contributed by atoms with E-state index in [4.69, 9.17) is 0 Å². The number of carbonyl (C=O) groups excluding carboxylic acids is 1. The van der Waals surface area contributed by atoms with E-state index in [9.17, 15) is 4.79 Å². The van der Waals surface area contributed by atoms with Crippen LogP contribution >= 0.6 is 46.3 Å². The Bertz CT molecular complexity index is 354. The van der Waals surface area contributed by atoms with Gasteiger partial charge >= 0.3 is 0 Å². The van der Waals surface area contributed by atoms with Crippen LogP contribution in [0.25, 0.3) is 0 Å². The largest absolute Gasteiger partial charge is 0.355 e. The highest BCUT2D eigenvalue weighted by molar-refractivity contribution is 14.1. The third-order valence-corrected chi connectivity index (χ3v) is 4.41. The zero-order chi connectivity index (χ0) is 10.7. The van der Waals surface area contributed by atoms with Gasteiger partial charge in [-0.05, 0) is 41.1 Å². The smallest absolute Gasteiger partial charge is 0.225 e. The summed E-state index contributed by atoms with van der Waals surface area (Å²) in [6.45, 7) is 2.43. The molecule has 1 aliphatic rings. The van der Waals surface area contributed by atoms with Gasteiger partial charge in [0.25, 0.3) is 0 Å². The second-order valence-corrected chi connectivity index (χ2v) is 6.66. The summed E-state index contributed by atoms with van der Waals surface area (Å²) >= 11 is 4.10. The van der Waals surface area contributed by atoms with Crippen molar-refractivity contribution in [3.05, 3.63) is 19.9 Å². The van der Waals surface area contributed by atoms with E-state index in [1.807, 2.05) is 0 Å². The number of thiophene rings is 1. The molecule has 2 N–H and O–H groups in total. The molecule has 0 unspecified atom stereocenters. The minimum atomic E-state index is 0. The maximum atomic E-state index is 11.5. The Morgan fingerprint density at radius 1 is 1.56 bits per heavy atom. The predicted octanol–water partition coefficient (Wildman–Crippen LogP) is 1.65. The van der Waals surface area contributed by atoms with Crippen molar-refractivity contribution in [3.8, 4) is 0 Å². The van der Waals surface area contributed by atoms with Crippen LogP contribution in [0.3, 0.4) is 0 Å². The van der Waals surface area contributed by atoms with Crippen molar-refractivity contribution in [2.24, 2.45) is 5.92 Å². The van der Waals surface area contributed by atoms with Gasteiger partial charge in [0, 0.05) is 24.5 Å². The number of hydrogen-bond acceptors (Lipinski definition) is 3. The van der Waals surface area contributed by atoms with Crippen molar-refractivity contribution < 1.29 is 4.79 Å². The summed E-state index contributed by atoms with van der Waals surface area (Å²) in [5, 5.41) is 6.06. The van der Waals surface area contributed by atoms with Crippen LogP contribution in [0.2, 0.25) is 0 Å². The van der Waals surface area contributed by atoms with Gasteiger partial charge in [-0.25, -0.2) is 0 Å². The van der Waals surface area contributed by atoms with Crippen molar-refractivity contribution in [2.75, 3.05) is 19.6 Å². The molecule has 0 spiro atoms. The lowest BCUT2D eigenvalue weighted by Crippen LogP contribution is -2.51. The molecule has 1 aromatic rings. The second kappa shape index (κ2) is 6.78. The Morgan fingerprint density at radius 2 is 2.31 bits per heavy atom. The maximum Gasteiger partial charge on any atom is 0.225 e. The summed E-state index contributed by atoms with van der Waals surface area (Å²) in [5.41, 5.74) is 0. The van der Waals surface area contributed by atoms with Gasteiger partial charge in [-0.3, -0.25) is 4.79 Å². The molecule has 1 amide bonds. The van der Waals surface area contributed by atoms with Crippen molar-refractivity contribution >= 4 is 52.2 Å². The quantitative estimate of drug-likeness (QED) is 0.789. The fourth-order valence-corrected chi connectivity index (χ4v) is 3.17. The molecule has 6 heteroatoms. The molecular formula is C10H14ClIN2OS. The van der Waals surface area contributed by atoms with Crippen LogP contribution in [0.5, 0.6) is 0 Å². The number of amides is 1. The van der Waals surface area contributed by atoms with Crippen LogP contribution in [0.15, 0.2) is 12.1 Å². The van der Waals surface area contributed by atoms with Gasteiger partial charge in [0.1, 0.15) is 0 Å². The Labute approximate surface area is 119 Å². The highest BCUT2D eigenvalue weighted by atomic mass is 127. The maximum absolute atomic E-state index is 11.5. The number of hydrogen-bond donors (Lipinski definition) is 2. The van der Waals surface area contributed by atoms with Crippen LogP contribution in [0.4, 0.5) is 0 Å². The van der Waals surface area contributed by atoms with Crippen LogP contribution in [-0.2, 0) is 11.2 Å². The van der Waals surface area contributed by atoms with Crippen LogP contribution in [-0.4, -0.2) is 25.5 Å². The van der Waals surface area contributed by atoms with E-state index >= 15 is 0 Å². The molecule has 0 saturated carbocycles. The molecular weight excluding hydrogens is 359 g/mol. The number of rotatable bonds is 4. The van der Waals surface area contributed by atoms with Gasteiger partial charge in [-0.2, -0.15) is 0 Å². The van der Waals surface area contributed by atoms with Gasteiger partial charge in [0.05, 0.1) is 8.80 Å². The summed E-state index contributed by atoms with van der Waals surface area (Å²) in [4.78, 5) is 12.8. The third kappa shape index (κ3) is 3.87. The molecule has 0 bridgehead atoms. The van der Waals surface area contributed by atoms with E-state index in [1.54, 1.807) is 11.3 Å². The fourth-order valence-electron chi connectivity index (χ4n) is 1.41. The summed E-state index contributed by atoms with van der Waals surface area (Å²) < 4.78 is 1.30. The first kappa shape index (κ1) is 14.2. The molecule has 1 aliphatic heterocycles. The van der Waals surface area contributed by atoms with Crippen molar-refractivity contribution in [1.82, 2.24) is 10.6 Å². The van der Waals surface area contributed by atoms with E-state index in [0.717, 1.165) is 26.1 Å². The molecule has 0 radical (unpaired) electrons. The first-order valence-corrected chi connectivity index (χ1v) is 6.88. The lowest BCUT2D eigenvalue weighted by Gasteiger charge is -2.25. The average Bonchev–Trinajstić information content (AvgIpc) is 2.48. The molecule has 2 rings (SSSR count). The Balaban J connectivity index is 0.00000128. The van der Waals surface area contributed by atoms with E-state index < -0.39 is 0 Å². The lowest BCUT2D eigenvalue weighted by atomic mass is 10.0. The van der Waals surface area contributed by atoms with Crippen LogP contribution in [0.1, 0.15) is 4.88 Å². The van der Waals surface area contributed by atoms with Crippen molar-refractivity contribution in [1.29, 1.82) is 0 Å². The topological polar surface area (TPSA) is 41.1 Å². The predicted molar refractivity (Wildman–Crippen MR) is 77.4 cm³/mol. The van der Waals surface area contributed by atoms with E-state index in [0.29, 0.717) is 0 Å². The molecule has 90 valence electrons. The average molecular weight is 373 g/mol. The van der Waals surface area contributed by atoms with E-state index in [1.165, 1.54) is 7.76 Å². The molecule has 16 heavy (non-hydrogen) atoms. The zero-order valence-electron chi connectivity index (χ0n) is 8.66. The first-order chi connectivity index (χ1) is 7.25. The number of halogens is 2. The molecule has 1 saturated heterocycles. The normalized spacial score (nSPS) is 15.1. The third-order valence-electron chi connectivity index (χ3n) is 2.45. The SMILES string of the molecule is Cl.O=C(NCCc1ccc(I)s1)C1CNC1. The fraction of sp³-hybridized carbons (Fsp3) is 0.500. The van der Waals surface area contributed by atoms with Gasteiger partial charge in [-0.1, -0.05) is 0 Å². The van der Waals surface area contributed by atoms with Crippen LogP contribution in [0, 0.1) is 8.80 Å². The van der Waals surface area contributed by atoms with Gasteiger partial charge in [0.15, 0.2) is 0 Å². The molecule has 0 atom stereocenters. The Hall–Kier alpha value is 0.150. The first-order valence-electron chi connectivity index (χ1n) is 4.98. The van der Waals surface area contributed by atoms with E-state index in [2.05, 4.69) is 45.4 Å². The highest BCUT2D eigenvalue weighted by Gasteiger charge is 2.23. The summed E-state index contributed by atoms with van der Waals surface area (Å²) in [6, 6.07) is 4.24. The number of carbonyl (C=O) groups is 1. The van der Waals surface area contributed by atoms with E-state index in [-0.39, 0.29) is 24.2 Å². The number of nitrogens with one attached hydrogen (secondary N) is 2. The van der Waals surface area contributed by atoms with Crippen LogP contribution < -0.4 is 10.6 Å². The highest BCUT2D eigenvalue weighted by Crippen LogP contribution is 2.18. The second-order valence-electron chi connectivity index (χ2n) is 3.60. The summed E-state index contributed by atoms with van der Waals surface area (Å²) in [5.74, 6) is 0.397. The standard InChI is InChI=1S/C10H13IN2OS.ClH/c11-9-2-1-8(15-9)3-4-13-10(14)7-5-12-6-7;/h1-2,7,12H,3-6H2,(H,13,14);1H. The molecule has 2 heterocycles. The molecule has 3 nitrogen and oxygen atoms in total. The monoisotopic (exact) mass is 372 g/mol. The minimum absolute atomic E-state index is 0. The van der Waals surface area contributed by atoms with Crippen molar-refractivity contribution in [3.63, 3.8) is 0 Å². The van der Waals surface area contributed by atoms with Gasteiger partial charge < -0.3 is 10.6 Å². The molecule has 0 aliphatic carbocycles. The minimum Gasteiger partial charge on any atom is -0.355 e. The summed E-state index contributed by atoms with van der Waals surface area (Å²) in [7, 11) is 0. The lowest BCUT2D eigenvalue weighted by molar-refractivity contribution is -0.126. The Morgan fingerprint density at radius 3 is 2.81 bits per heavy atom. The van der Waals surface area contributed by atoms with Gasteiger partial charge in [-0.15, -0.1) is 23.7 Å². The van der Waals surface area contributed by atoms with Crippen molar-refractivity contribution in [2.45, 2.75) is 6.42 Å². The molecule has 1 aromatic heterocycles. The van der Waals surface area contributed by atoms with Gasteiger partial charge in [0.2, 0.25) is 5.91 Å². The zero-order valence-corrected chi connectivity index (χ0v) is 12.5.